The van der Waals surface area contributed by atoms with E-state index in [0.29, 0.717) is 19.6 Å². The Hall–Kier alpha value is -0.610. The molecular weight excluding hydrogens is 158 g/mol. The lowest BCUT2D eigenvalue weighted by atomic mass is 9.81. The third-order valence-electron chi connectivity index (χ3n) is 2.35. The van der Waals surface area contributed by atoms with Crippen LogP contribution >= 0.6 is 0 Å². The van der Waals surface area contributed by atoms with Gasteiger partial charge in [0.2, 0.25) is 0 Å². The molecule has 0 bridgehead atoms. The summed E-state index contributed by atoms with van der Waals surface area (Å²) in [5.74, 6) is -0.753. The van der Waals surface area contributed by atoms with Crippen LogP contribution in [-0.4, -0.2) is 37.9 Å². The van der Waals surface area contributed by atoms with Gasteiger partial charge in [-0.2, -0.15) is 0 Å². The number of aliphatic carboxylic acids is 1. The SMILES string of the molecule is COC[C@@]1(C(=O)O)CCCNC1. The number of ether oxygens (including phenoxy) is 1. The fourth-order valence-electron chi connectivity index (χ4n) is 1.61. The highest BCUT2D eigenvalue weighted by Gasteiger charge is 2.39. The minimum absolute atomic E-state index is 0.301. The maximum absolute atomic E-state index is 10.9. The maximum Gasteiger partial charge on any atom is 0.313 e. The first kappa shape index (κ1) is 9.48. The monoisotopic (exact) mass is 173 g/mol. The summed E-state index contributed by atoms with van der Waals surface area (Å²) in [5, 5.41) is 12.1. The predicted molar refractivity (Wildman–Crippen MR) is 44.0 cm³/mol. The normalized spacial score (nSPS) is 30.1. The zero-order valence-electron chi connectivity index (χ0n) is 7.30. The average Bonchev–Trinajstić information content (AvgIpc) is 2.06. The first-order valence-electron chi connectivity index (χ1n) is 4.14. The molecule has 1 saturated heterocycles. The van der Waals surface area contributed by atoms with Crippen LogP contribution in [0.5, 0.6) is 0 Å². The fourth-order valence-corrected chi connectivity index (χ4v) is 1.61. The minimum Gasteiger partial charge on any atom is -0.481 e. The number of hydrogen-bond donors (Lipinski definition) is 2. The molecule has 1 rings (SSSR count). The van der Waals surface area contributed by atoms with Gasteiger partial charge in [-0.05, 0) is 19.4 Å². The van der Waals surface area contributed by atoms with Crippen LogP contribution in [0, 0.1) is 5.41 Å². The molecule has 1 atom stereocenters. The van der Waals surface area contributed by atoms with E-state index in [0.717, 1.165) is 13.0 Å². The van der Waals surface area contributed by atoms with Crippen molar-refractivity contribution >= 4 is 5.97 Å². The average molecular weight is 173 g/mol. The Bertz CT molecular complexity index is 158. The molecule has 0 saturated carbocycles. The molecule has 0 amide bonds. The van der Waals surface area contributed by atoms with E-state index in [1.54, 1.807) is 7.11 Å². The molecule has 0 unspecified atom stereocenters. The Morgan fingerprint density at radius 2 is 2.50 bits per heavy atom. The van der Waals surface area contributed by atoms with Gasteiger partial charge in [0.15, 0.2) is 0 Å². The third kappa shape index (κ3) is 1.76. The van der Waals surface area contributed by atoms with Gasteiger partial charge in [0.05, 0.1) is 6.61 Å². The Kier molecular flexibility index (Phi) is 3.05. The van der Waals surface area contributed by atoms with Crippen LogP contribution in [0.4, 0.5) is 0 Å². The Morgan fingerprint density at radius 1 is 1.75 bits per heavy atom. The number of carbonyl (C=O) groups is 1. The van der Waals surface area contributed by atoms with E-state index >= 15 is 0 Å². The summed E-state index contributed by atoms with van der Waals surface area (Å²) in [5.41, 5.74) is -0.688. The van der Waals surface area contributed by atoms with Gasteiger partial charge in [0, 0.05) is 13.7 Å². The van der Waals surface area contributed by atoms with Gasteiger partial charge in [-0.3, -0.25) is 4.79 Å². The van der Waals surface area contributed by atoms with Crippen molar-refractivity contribution in [1.29, 1.82) is 0 Å². The molecule has 1 fully saturated rings. The summed E-state index contributed by atoms with van der Waals surface area (Å²) in [7, 11) is 1.54. The largest absolute Gasteiger partial charge is 0.481 e. The van der Waals surface area contributed by atoms with Crippen LogP contribution in [-0.2, 0) is 9.53 Å². The lowest BCUT2D eigenvalue weighted by molar-refractivity contribution is -0.153. The molecule has 0 aliphatic carbocycles. The van der Waals surface area contributed by atoms with E-state index in [2.05, 4.69) is 5.32 Å². The van der Waals surface area contributed by atoms with Crippen molar-refractivity contribution in [2.45, 2.75) is 12.8 Å². The quantitative estimate of drug-likeness (QED) is 0.635. The van der Waals surface area contributed by atoms with Gasteiger partial charge in [0.25, 0.3) is 0 Å². The Morgan fingerprint density at radius 3 is 2.92 bits per heavy atom. The molecule has 0 aromatic carbocycles. The standard InChI is InChI=1S/C8H15NO3/c1-12-6-8(7(10)11)3-2-4-9-5-8/h9H,2-6H2,1H3,(H,10,11)/t8-/m1/s1. The molecule has 0 aromatic rings. The third-order valence-corrected chi connectivity index (χ3v) is 2.35. The number of hydrogen-bond acceptors (Lipinski definition) is 3. The maximum atomic E-state index is 10.9. The van der Waals surface area contributed by atoms with E-state index in [1.807, 2.05) is 0 Å². The Balaban J connectivity index is 2.63. The smallest absolute Gasteiger partial charge is 0.313 e. The summed E-state index contributed by atoms with van der Waals surface area (Å²) < 4.78 is 4.93. The van der Waals surface area contributed by atoms with Crippen LogP contribution in [0.2, 0.25) is 0 Å². The van der Waals surface area contributed by atoms with E-state index < -0.39 is 11.4 Å². The van der Waals surface area contributed by atoms with Crippen molar-refractivity contribution in [1.82, 2.24) is 5.32 Å². The zero-order chi connectivity index (χ0) is 9.03. The highest BCUT2D eigenvalue weighted by molar-refractivity contribution is 5.75. The van der Waals surface area contributed by atoms with Crippen molar-refractivity contribution in [2.75, 3.05) is 26.8 Å². The van der Waals surface area contributed by atoms with Gasteiger partial charge in [0.1, 0.15) is 5.41 Å². The topological polar surface area (TPSA) is 58.6 Å². The molecule has 4 nitrogen and oxygen atoms in total. The molecule has 1 aliphatic rings. The number of carboxylic acid groups (broad SMARTS) is 1. The van der Waals surface area contributed by atoms with Gasteiger partial charge in [-0.15, -0.1) is 0 Å². The molecule has 1 aliphatic heterocycles. The van der Waals surface area contributed by atoms with Crippen molar-refractivity contribution in [2.24, 2.45) is 5.41 Å². The molecule has 0 aromatic heterocycles. The summed E-state index contributed by atoms with van der Waals surface area (Å²) in [6, 6.07) is 0. The van der Waals surface area contributed by atoms with Crippen LogP contribution in [0.3, 0.4) is 0 Å². The lowest BCUT2D eigenvalue weighted by Crippen LogP contribution is -2.48. The van der Waals surface area contributed by atoms with E-state index in [4.69, 9.17) is 9.84 Å². The number of piperidine rings is 1. The first-order chi connectivity index (χ1) is 5.71. The molecule has 12 heavy (non-hydrogen) atoms. The lowest BCUT2D eigenvalue weighted by Gasteiger charge is -2.32. The first-order valence-corrected chi connectivity index (χ1v) is 4.14. The molecule has 0 spiro atoms. The highest BCUT2D eigenvalue weighted by atomic mass is 16.5. The van der Waals surface area contributed by atoms with Gasteiger partial charge in [-0.25, -0.2) is 0 Å². The predicted octanol–water partition coefficient (Wildman–Crippen LogP) is 0.0872. The van der Waals surface area contributed by atoms with Gasteiger partial charge in [-0.1, -0.05) is 0 Å². The Labute approximate surface area is 71.9 Å². The van der Waals surface area contributed by atoms with Crippen LogP contribution in [0.15, 0.2) is 0 Å². The van der Waals surface area contributed by atoms with Crippen LogP contribution in [0.1, 0.15) is 12.8 Å². The summed E-state index contributed by atoms with van der Waals surface area (Å²) in [6.07, 6.45) is 1.62. The minimum atomic E-state index is -0.753. The molecule has 70 valence electrons. The molecule has 2 N–H and O–H groups in total. The van der Waals surface area contributed by atoms with Crippen molar-refractivity contribution < 1.29 is 14.6 Å². The fraction of sp³-hybridized carbons (Fsp3) is 0.875. The number of nitrogens with one attached hydrogen (secondary N) is 1. The van der Waals surface area contributed by atoms with Crippen molar-refractivity contribution in [3.63, 3.8) is 0 Å². The van der Waals surface area contributed by atoms with E-state index in [9.17, 15) is 4.79 Å². The van der Waals surface area contributed by atoms with Crippen molar-refractivity contribution in [3.05, 3.63) is 0 Å². The second-order valence-electron chi connectivity index (χ2n) is 3.30. The molecule has 4 heteroatoms. The molecule has 0 radical (unpaired) electrons. The second kappa shape index (κ2) is 3.87. The van der Waals surface area contributed by atoms with E-state index in [1.165, 1.54) is 0 Å². The summed E-state index contributed by atoms with van der Waals surface area (Å²) in [4.78, 5) is 10.9. The summed E-state index contributed by atoms with van der Waals surface area (Å²) >= 11 is 0. The summed E-state index contributed by atoms with van der Waals surface area (Å²) in [6.45, 7) is 1.74. The highest BCUT2D eigenvalue weighted by Crippen LogP contribution is 2.26. The zero-order valence-corrected chi connectivity index (χ0v) is 7.30. The molecule has 1 heterocycles. The number of methoxy groups -OCH3 is 1. The van der Waals surface area contributed by atoms with E-state index in [-0.39, 0.29) is 0 Å². The van der Waals surface area contributed by atoms with Gasteiger partial charge < -0.3 is 15.2 Å². The van der Waals surface area contributed by atoms with Crippen molar-refractivity contribution in [3.8, 4) is 0 Å². The van der Waals surface area contributed by atoms with Crippen LogP contribution in [0.25, 0.3) is 0 Å². The van der Waals surface area contributed by atoms with Crippen LogP contribution < -0.4 is 5.32 Å². The number of rotatable bonds is 3. The second-order valence-corrected chi connectivity index (χ2v) is 3.30. The molecular formula is C8H15NO3. The van der Waals surface area contributed by atoms with Gasteiger partial charge >= 0.3 is 5.97 Å². The number of carboxylic acids is 1.